The molecule has 0 radical (unpaired) electrons. The second kappa shape index (κ2) is 8.53. The summed E-state index contributed by atoms with van der Waals surface area (Å²) >= 11 is 0. The Morgan fingerprint density at radius 1 is 1.03 bits per heavy atom. The molecule has 0 spiro atoms. The lowest BCUT2D eigenvalue weighted by Crippen LogP contribution is -2.34. The molecule has 6 nitrogen and oxygen atoms in total. The first kappa shape index (κ1) is 22.3. The van der Waals surface area contributed by atoms with Gasteiger partial charge in [-0.25, -0.2) is 14.1 Å². The number of ether oxygens (including phenoxy) is 1. The summed E-state index contributed by atoms with van der Waals surface area (Å²) in [5.41, 5.74) is 2.10. The summed E-state index contributed by atoms with van der Waals surface area (Å²) in [6, 6.07) is 12.1. The van der Waals surface area contributed by atoms with Crippen LogP contribution in [0.3, 0.4) is 0 Å². The molecule has 4 rings (SSSR count). The van der Waals surface area contributed by atoms with E-state index in [1.165, 1.54) is 24.3 Å². The summed E-state index contributed by atoms with van der Waals surface area (Å²) < 4.78 is 54.1. The molecule has 1 aliphatic rings. The quantitative estimate of drug-likeness (QED) is 0.430. The van der Waals surface area contributed by atoms with Crippen molar-refractivity contribution in [1.29, 1.82) is 0 Å². The number of alkyl halides is 3. The van der Waals surface area contributed by atoms with E-state index in [-0.39, 0.29) is 11.5 Å². The topological polar surface area (TPSA) is 71.5 Å². The minimum Gasteiger partial charge on any atom is -0.406 e. The average molecular weight is 459 g/mol. The third kappa shape index (κ3) is 4.79. The second-order valence-electron chi connectivity index (χ2n) is 7.41. The Hall–Kier alpha value is -3.95. The highest BCUT2D eigenvalue weighted by molar-refractivity contribution is 6.21. The van der Waals surface area contributed by atoms with E-state index in [2.05, 4.69) is 15.0 Å². The molecule has 2 aromatic carbocycles. The van der Waals surface area contributed by atoms with Gasteiger partial charge in [-0.05, 0) is 66.2 Å². The Balaban J connectivity index is 1.54. The van der Waals surface area contributed by atoms with Gasteiger partial charge in [-0.15, -0.1) is 13.2 Å². The number of benzene rings is 2. The molecule has 2 atom stereocenters. The van der Waals surface area contributed by atoms with Crippen molar-refractivity contribution in [3.63, 3.8) is 0 Å². The Labute approximate surface area is 185 Å². The number of anilines is 1. The normalized spacial score (nSPS) is 17.1. The van der Waals surface area contributed by atoms with Crippen LogP contribution in [-0.4, -0.2) is 29.3 Å². The van der Waals surface area contributed by atoms with Crippen molar-refractivity contribution < 1.29 is 31.9 Å². The van der Waals surface area contributed by atoms with Gasteiger partial charge in [-0.3, -0.25) is 9.78 Å². The van der Waals surface area contributed by atoms with Crippen molar-refractivity contribution in [2.75, 3.05) is 4.90 Å². The van der Waals surface area contributed by atoms with Crippen LogP contribution in [0.1, 0.15) is 18.4 Å². The maximum absolute atomic E-state index is 13.2. The Bertz CT molecular complexity index is 1180. The largest absolute Gasteiger partial charge is 0.573 e. The smallest absolute Gasteiger partial charge is 0.406 e. The molecule has 0 bridgehead atoms. The molecule has 1 fully saturated rings. The fraction of sp³-hybridized carbons (Fsp3) is 0.174. The highest BCUT2D eigenvalue weighted by Crippen LogP contribution is 2.31. The number of carbonyl (C=O) groups excluding carboxylic acids is 2. The van der Waals surface area contributed by atoms with Crippen LogP contribution in [0.15, 0.2) is 66.9 Å². The molecule has 33 heavy (non-hydrogen) atoms. The van der Waals surface area contributed by atoms with Crippen LogP contribution in [0.2, 0.25) is 0 Å². The summed E-state index contributed by atoms with van der Waals surface area (Å²) in [6.07, 6.45) is -3.29. The number of nitrogens with zero attached hydrogens (tertiary/aromatic N) is 2. The van der Waals surface area contributed by atoms with Crippen LogP contribution in [0.25, 0.3) is 11.3 Å². The minimum absolute atomic E-state index is 0.114. The molecule has 0 saturated carbocycles. The number of urea groups is 1. The number of hydrogen-bond acceptors (Lipinski definition) is 4. The molecule has 2 heterocycles. The molecule has 1 aliphatic heterocycles. The first-order valence-corrected chi connectivity index (χ1v) is 9.84. The predicted octanol–water partition coefficient (Wildman–Crippen LogP) is 5.01. The molecule has 1 aromatic heterocycles. The maximum atomic E-state index is 13.2. The van der Waals surface area contributed by atoms with Crippen molar-refractivity contribution >= 4 is 17.6 Å². The number of nitrogens with one attached hydrogen (secondary N) is 1. The number of amides is 3. The lowest BCUT2D eigenvalue weighted by Gasteiger charge is -2.19. The Morgan fingerprint density at radius 2 is 1.70 bits per heavy atom. The Morgan fingerprint density at radius 3 is 2.33 bits per heavy atom. The molecule has 2 unspecified atom stereocenters. The van der Waals surface area contributed by atoms with Gasteiger partial charge in [0.2, 0.25) is 0 Å². The van der Waals surface area contributed by atoms with E-state index in [1.54, 1.807) is 37.4 Å². The number of pyridine rings is 1. The first-order valence-electron chi connectivity index (χ1n) is 9.84. The lowest BCUT2D eigenvalue weighted by molar-refractivity contribution is -0.274. The predicted molar refractivity (Wildman–Crippen MR) is 111 cm³/mol. The molecular formula is C23H17F4N3O3. The highest BCUT2D eigenvalue weighted by Gasteiger charge is 2.42. The van der Waals surface area contributed by atoms with E-state index in [9.17, 15) is 27.2 Å². The van der Waals surface area contributed by atoms with Crippen LogP contribution >= 0.6 is 0 Å². The summed E-state index contributed by atoms with van der Waals surface area (Å²) in [6.45, 7) is 1.76. The monoisotopic (exact) mass is 459 g/mol. The average Bonchev–Trinajstić information content (AvgIpc) is 3.07. The minimum atomic E-state index is -4.85. The number of rotatable bonds is 5. The second-order valence-corrected chi connectivity index (χ2v) is 7.41. The summed E-state index contributed by atoms with van der Waals surface area (Å²) in [7, 11) is 0. The van der Waals surface area contributed by atoms with Crippen molar-refractivity contribution in [2.24, 2.45) is 0 Å². The van der Waals surface area contributed by atoms with Crippen LogP contribution in [0, 0.1) is 5.82 Å². The van der Waals surface area contributed by atoms with Crippen molar-refractivity contribution in [3.05, 3.63) is 78.2 Å². The summed E-state index contributed by atoms with van der Waals surface area (Å²) in [4.78, 5) is 30.7. The van der Waals surface area contributed by atoms with Gasteiger partial charge in [0.1, 0.15) is 17.6 Å². The van der Waals surface area contributed by atoms with Crippen LogP contribution in [0.5, 0.6) is 5.75 Å². The van der Waals surface area contributed by atoms with E-state index < -0.39 is 36.0 Å². The van der Waals surface area contributed by atoms with Crippen molar-refractivity contribution in [2.45, 2.75) is 25.2 Å². The molecule has 10 heteroatoms. The van der Waals surface area contributed by atoms with Gasteiger partial charge in [-0.1, -0.05) is 6.92 Å². The third-order valence-electron chi connectivity index (χ3n) is 5.25. The van der Waals surface area contributed by atoms with Gasteiger partial charge in [-0.2, -0.15) is 0 Å². The number of aromatic nitrogens is 1. The SMILES string of the molecule is CC(c1ccnc(-c2ccc(F)cc2)c1)C1NC(=O)N(c2ccc(OC(F)(F)F)cc2)C1=O. The lowest BCUT2D eigenvalue weighted by atomic mass is 9.92. The molecule has 0 aliphatic carbocycles. The van der Waals surface area contributed by atoms with E-state index in [0.717, 1.165) is 22.6 Å². The van der Waals surface area contributed by atoms with Crippen LogP contribution < -0.4 is 15.0 Å². The molecule has 170 valence electrons. The van der Waals surface area contributed by atoms with E-state index >= 15 is 0 Å². The van der Waals surface area contributed by atoms with Gasteiger partial charge < -0.3 is 10.1 Å². The molecule has 3 aromatic rings. The van der Waals surface area contributed by atoms with Gasteiger partial charge in [0.15, 0.2) is 0 Å². The zero-order valence-electron chi connectivity index (χ0n) is 17.1. The van der Waals surface area contributed by atoms with E-state index in [1.807, 2.05) is 0 Å². The number of imide groups is 1. The van der Waals surface area contributed by atoms with Crippen molar-refractivity contribution in [1.82, 2.24) is 10.3 Å². The fourth-order valence-corrected chi connectivity index (χ4v) is 3.58. The number of carbonyl (C=O) groups is 2. The number of hydrogen-bond donors (Lipinski definition) is 1. The Kier molecular flexibility index (Phi) is 5.75. The molecular weight excluding hydrogens is 442 g/mol. The number of halogens is 4. The van der Waals surface area contributed by atoms with Gasteiger partial charge in [0.25, 0.3) is 5.91 Å². The fourth-order valence-electron chi connectivity index (χ4n) is 3.58. The zero-order valence-corrected chi connectivity index (χ0v) is 17.1. The van der Waals surface area contributed by atoms with Crippen LogP contribution in [-0.2, 0) is 4.79 Å². The van der Waals surface area contributed by atoms with Crippen molar-refractivity contribution in [3.8, 4) is 17.0 Å². The third-order valence-corrected chi connectivity index (χ3v) is 5.25. The first-order chi connectivity index (χ1) is 15.6. The van der Waals surface area contributed by atoms with E-state index in [0.29, 0.717) is 11.3 Å². The van der Waals surface area contributed by atoms with Gasteiger partial charge in [0, 0.05) is 17.7 Å². The maximum Gasteiger partial charge on any atom is 0.573 e. The van der Waals surface area contributed by atoms with Gasteiger partial charge >= 0.3 is 12.4 Å². The van der Waals surface area contributed by atoms with Crippen LogP contribution in [0.4, 0.5) is 28.0 Å². The zero-order chi connectivity index (χ0) is 23.8. The summed E-state index contributed by atoms with van der Waals surface area (Å²) in [5.74, 6) is -1.83. The van der Waals surface area contributed by atoms with E-state index in [4.69, 9.17) is 0 Å². The van der Waals surface area contributed by atoms with Gasteiger partial charge in [0.05, 0.1) is 11.4 Å². The highest BCUT2D eigenvalue weighted by atomic mass is 19.4. The standard InChI is InChI=1S/C23H17F4N3O3/c1-13(15-10-11-28-19(12-15)14-2-4-16(24)5-3-14)20-21(31)30(22(32)29-20)17-6-8-18(9-7-17)33-23(25,26)27/h2-13,20H,1H3,(H,29,32). The molecule has 1 saturated heterocycles. The molecule has 1 N–H and O–H groups in total. The summed E-state index contributed by atoms with van der Waals surface area (Å²) in [5, 5.41) is 2.63. The molecule has 3 amide bonds.